The van der Waals surface area contributed by atoms with Crippen LogP contribution < -0.4 is 16.0 Å². The lowest BCUT2D eigenvalue weighted by molar-refractivity contribution is -0.136. The Balaban J connectivity index is 0.604. The van der Waals surface area contributed by atoms with Crippen molar-refractivity contribution in [2.45, 2.75) is 82.5 Å². The average Bonchev–Trinajstić information content (AvgIpc) is 4.06. The van der Waals surface area contributed by atoms with Gasteiger partial charge >= 0.3 is 0 Å². The van der Waals surface area contributed by atoms with E-state index in [1.54, 1.807) is 18.2 Å². The van der Waals surface area contributed by atoms with Crippen molar-refractivity contribution in [2.24, 2.45) is 5.92 Å². The van der Waals surface area contributed by atoms with Gasteiger partial charge in [0.25, 0.3) is 11.8 Å². The summed E-state index contributed by atoms with van der Waals surface area (Å²) in [7, 11) is 0. The van der Waals surface area contributed by atoms with Crippen molar-refractivity contribution < 1.29 is 43.2 Å². The summed E-state index contributed by atoms with van der Waals surface area (Å²) in [6.45, 7) is 10.9. The predicted octanol–water partition coefficient (Wildman–Crippen LogP) is 4.48. The van der Waals surface area contributed by atoms with Crippen LogP contribution in [0.3, 0.4) is 0 Å². The molecule has 1 atom stereocenters. The molecular weight excluding hydrogens is 883 g/mol. The fourth-order valence-electron chi connectivity index (χ4n) is 9.85. The number of piperazine rings is 1. The molecule has 4 amide bonds. The first kappa shape index (κ1) is 48.7. The molecule has 0 radical (unpaired) electrons. The quantitative estimate of drug-likeness (QED) is 0.0535. The van der Waals surface area contributed by atoms with Crippen LogP contribution in [-0.2, 0) is 35.1 Å². The van der Waals surface area contributed by atoms with Gasteiger partial charge in [0.05, 0.1) is 70.1 Å². The molecule has 69 heavy (non-hydrogen) atoms. The maximum Gasteiger partial charge on any atom is 0.264 e. The second kappa shape index (κ2) is 23.5. The fraction of sp³-hybridized carbons (Fsp3) is 0.569. The normalized spacial score (nSPS) is 21.3. The Morgan fingerprint density at radius 2 is 1.41 bits per heavy atom. The summed E-state index contributed by atoms with van der Waals surface area (Å²) in [5.74, 6) is -0.585. The van der Waals surface area contributed by atoms with Crippen molar-refractivity contribution in [1.82, 2.24) is 34.6 Å². The number of nitrogens with zero attached hydrogens (tertiary/aromatic N) is 6. The highest BCUT2D eigenvalue weighted by Gasteiger charge is 2.45. The van der Waals surface area contributed by atoms with Crippen LogP contribution in [0.15, 0.2) is 54.9 Å². The summed E-state index contributed by atoms with van der Waals surface area (Å²) in [4.78, 5) is 66.0. The van der Waals surface area contributed by atoms with Gasteiger partial charge in [0.1, 0.15) is 11.7 Å². The monoisotopic (exact) mass is 950 g/mol. The second-order valence-electron chi connectivity index (χ2n) is 18.9. The zero-order valence-corrected chi connectivity index (χ0v) is 39.6. The standard InChI is InChI=1S/C51H67N9O9/c61-39-12-10-38(11-13-39)59-34-42(41-32-54-51(56-47(41)59)53-17-16-35-4-5-35)37-8-6-36(7-9-37)33-58-21-19-57(20-22-58)23-25-67-27-29-69-31-30-68-28-26-66-24-18-52-43-3-1-2-40-46(43)50(65)60(49(40)64)44-14-15-45(62)55-48(44)63/h1-3,6-9,32,34-35,38-39,44,52,61H,4-5,10-31,33H2,(H,53,54,56)(H,55,62,63). The van der Waals surface area contributed by atoms with Crippen molar-refractivity contribution >= 4 is 46.3 Å². The first-order valence-electron chi connectivity index (χ1n) is 25.0. The van der Waals surface area contributed by atoms with Crippen LogP contribution in [0, 0.1) is 5.92 Å². The molecule has 18 nitrogen and oxygen atoms in total. The molecule has 370 valence electrons. The Labute approximate surface area is 403 Å². The highest BCUT2D eigenvalue weighted by Crippen LogP contribution is 2.38. The lowest BCUT2D eigenvalue weighted by atomic mass is 9.93. The van der Waals surface area contributed by atoms with E-state index in [4.69, 9.17) is 28.9 Å². The largest absolute Gasteiger partial charge is 0.393 e. The Morgan fingerprint density at radius 3 is 2.12 bits per heavy atom. The van der Waals surface area contributed by atoms with Crippen molar-refractivity contribution in [3.63, 3.8) is 0 Å². The first-order valence-corrected chi connectivity index (χ1v) is 25.0. The van der Waals surface area contributed by atoms with Crippen LogP contribution in [0.4, 0.5) is 11.6 Å². The maximum atomic E-state index is 13.2. The number of ether oxygens (including phenoxy) is 4. The number of nitrogens with one attached hydrogen (secondary N) is 3. The third-order valence-corrected chi connectivity index (χ3v) is 14.0. The van der Waals surface area contributed by atoms with Crippen molar-refractivity contribution in [3.8, 4) is 11.1 Å². The Hall–Kier alpha value is -5.34. The van der Waals surface area contributed by atoms with E-state index in [1.807, 2.05) is 6.20 Å². The molecule has 0 spiro atoms. The first-order chi connectivity index (χ1) is 33.8. The number of fused-ring (bicyclic) bond motifs is 2. The van der Waals surface area contributed by atoms with Gasteiger partial charge in [0, 0.05) is 93.9 Å². The van der Waals surface area contributed by atoms with E-state index in [2.05, 4.69) is 60.8 Å². The lowest BCUT2D eigenvalue weighted by Crippen LogP contribution is -2.54. The van der Waals surface area contributed by atoms with Gasteiger partial charge in [-0.05, 0) is 67.7 Å². The van der Waals surface area contributed by atoms with E-state index >= 15 is 0 Å². The van der Waals surface area contributed by atoms with Gasteiger partial charge in [-0.15, -0.1) is 0 Å². The zero-order valence-electron chi connectivity index (χ0n) is 39.6. The van der Waals surface area contributed by atoms with Crippen LogP contribution in [0.5, 0.6) is 0 Å². The molecule has 5 heterocycles. The van der Waals surface area contributed by atoms with Crippen LogP contribution in [0.25, 0.3) is 22.2 Å². The van der Waals surface area contributed by atoms with Crippen molar-refractivity contribution in [1.29, 1.82) is 0 Å². The number of piperidine rings is 1. The summed E-state index contributed by atoms with van der Waals surface area (Å²) < 4.78 is 25.2. The molecule has 4 fully saturated rings. The molecule has 9 rings (SSSR count). The molecular formula is C51H67N9O9. The lowest BCUT2D eigenvalue weighted by Gasteiger charge is -2.34. The number of carbonyl (C=O) groups is 4. The Morgan fingerprint density at radius 1 is 0.710 bits per heavy atom. The number of carbonyl (C=O) groups excluding carboxylic acids is 4. The smallest absolute Gasteiger partial charge is 0.264 e. The van der Waals surface area contributed by atoms with E-state index < -0.39 is 29.7 Å². The molecule has 5 aliphatic rings. The molecule has 2 saturated carbocycles. The SMILES string of the molecule is O=C1CCC(N2C(=O)c3cccc(NCCOCCOCCOCCOCCN4CCN(Cc5ccc(-c6cn(C7CCC(O)CC7)c7nc(NCCC8CC8)ncc67)cc5)CC4)c3C2=O)C(=O)N1. The molecule has 0 bridgehead atoms. The van der Waals surface area contributed by atoms with Crippen molar-refractivity contribution in [2.75, 3.05) is 109 Å². The van der Waals surface area contributed by atoms with E-state index in [1.165, 1.54) is 30.4 Å². The predicted molar refractivity (Wildman–Crippen MR) is 259 cm³/mol. The topological polar surface area (TPSA) is 202 Å². The molecule has 2 aromatic carbocycles. The van der Waals surface area contributed by atoms with Gasteiger partial charge in [-0.1, -0.05) is 43.2 Å². The molecule has 4 aromatic rings. The Bertz CT molecular complexity index is 2390. The zero-order chi connectivity index (χ0) is 47.5. The number of rotatable bonds is 25. The number of aliphatic hydroxyl groups excluding tert-OH is 1. The number of benzene rings is 2. The fourth-order valence-corrected chi connectivity index (χ4v) is 9.85. The molecule has 3 aliphatic heterocycles. The number of aliphatic hydroxyl groups is 1. The van der Waals surface area contributed by atoms with E-state index in [-0.39, 0.29) is 30.1 Å². The minimum atomic E-state index is -1.01. The molecule has 2 aliphatic carbocycles. The highest BCUT2D eigenvalue weighted by atomic mass is 16.6. The van der Waals surface area contributed by atoms with Gasteiger partial charge in [-0.3, -0.25) is 39.2 Å². The van der Waals surface area contributed by atoms with Gasteiger partial charge in [-0.2, -0.15) is 4.98 Å². The summed E-state index contributed by atoms with van der Waals surface area (Å²) in [5, 5.41) is 20.1. The average molecular weight is 950 g/mol. The second-order valence-corrected chi connectivity index (χ2v) is 18.9. The summed E-state index contributed by atoms with van der Waals surface area (Å²) >= 11 is 0. The van der Waals surface area contributed by atoms with Gasteiger partial charge in [-0.25, -0.2) is 4.98 Å². The number of amides is 4. The molecule has 1 unspecified atom stereocenters. The van der Waals surface area contributed by atoms with Crippen LogP contribution >= 0.6 is 0 Å². The van der Waals surface area contributed by atoms with Gasteiger partial charge < -0.3 is 39.3 Å². The number of imide groups is 2. The van der Waals surface area contributed by atoms with E-state index in [9.17, 15) is 24.3 Å². The summed E-state index contributed by atoms with van der Waals surface area (Å²) in [6, 6.07) is 13.3. The maximum absolute atomic E-state index is 13.2. The third kappa shape index (κ3) is 12.5. The van der Waals surface area contributed by atoms with Crippen LogP contribution in [-0.4, -0.2) is 169 Å². The molecule has 2 saturated heterocycles. The minimum absolute atomic E-state index is 0.0692. The molecule has 2 aromatic heterocycles. The summed E-state index contributed by atoms with van der Waals surface area (Å²) in [5.41, 5.74) is 5.54. The summed E-state index contributed by atoms with van der Waals surface area (Å²) in [6.07, 6.45) is 11.6. The van der Waals surface area contributed by atoms with E-state index in [0.717, 1.165) is 98.9 Å². The van der Waals surface area contributed by atoms with Crippen LogP contribution in [0.1, 0.15) is 90.1 Å². The Kier molecular flexibility index (Phi) is 16.6. The number of hydrogen-bond acceptors (Lipinski definition) is 15. The molecule has 4 N–H and O–H groups in total. The number of hydrogen-bond donors (Lipinski definition) is 4. The molecule has 18 heteroatoms. The number of aromatic nitrogens is 3. The minimum Gasteiger partial charge on any atom is -0.393 e. The van der Waals surface area contributed by atoms with E-state index in [0.29, 0.717) is 77.1 Å². The van der Waals surface area contributed by atoms with Gasteiger partial charge in [0.2, 0.25) is 17.8 Å². The van der Waals surface area contributed by atoms with Crippen LogP contribution in [0.2, 0.25) is 0 Å². The van der Waals surface area contributed by atoms with Crippen molar-refractivity contribution in [3.05, 3.63) is 71.5 Å². The highest BCUT2D eigenvalue weighted by molar-refractivity contribution is 6.25. The number of anilines is 2. The third-order valence-electron chi connectivity index (χ3n) is 14.0. The van der Waals surface area contributed by atoms with Gasteiger partial charge in [0.15, 0.2) is 0 Å².